The lowest BCUT2D eigenvalue weighted by atomic mass is 10.1. The summed E-state index contributed by atoms with van der Waals surface area (Å²) in [5.41, 5.74) is 6.00. The molecule has 2 aliphatic heterocycles. The van der Waals surface area contributed by atoms with Crippen LogP contribution in [0.3, 0.4) is 0 Å². The highest BCUT2D eigenvalue weighted by Crippen LogP contribution is 2.32. The van der Waals surface area contributed by atoms with Gasteiger partial charge in [-0.1, -0.05) is 13.0 Å². The van der Waals surface area contributed by atoms with Crippen molar-refractivity contribution in [1.29, 1.82) is 5.41 Å². The lowest BCUT2D eigenvalue weighted by Gasteiger charge is -2.39. The summed E-state index contributed by atoms with van der Waals surface area (Å²) in [6.45, 7) is 9.52. The van der Waals surface area contributed by atoms with Crippen LogP contribution in [0.4, 0.5) is 0 Å². The fraction of sp³-hybridized carbons (Fsp3) is 0.500. The molecule has 1 unspecified atom stereocenters. The monoisotopic (exact) mass is 404 g/mol. The average Bonchev–Trinajstić information content (AvgIpc) is 3.59. The molecule has 30 heavy (non-hydrogen) atoms. The van der Waals surface area contributed by atoms with Crippen LogP contribution >= 0.6 is 0 Å². The minimum Gasteiger partial charge on any atom is -0.368 e. The van der Waals surface area contributed by atoms with Crippen LogP contribution in [-0.2, 0) is 13.0 Å². The molecule has 2 aromatic heterocycles. The number of nitrogens with one attached hydrogen (secondary N) is 2. The van der Waals surface area contributed by atoms with E-state index in [2.05, 4.69) is 62.9 Å². The molecule has 3 aliphatic rings. The second kappa shape index (κ2) is 7.91. The number of aromatic amines is 1. The van der Waals surface area contributed by atoms with E-state index < -0.39 is 0 Å². The lowest BCUT2D eigenvalue weighted by molar-refractivity contribution is 0.151. The largest absolute Gasteiger partial charge is 0.368 e. The Morgan fingerprint density at radius 1 is 1.17 bits per heavy atom. The third-order valence-corrected chi connectivity index (χ3v) is 6.66. The van der Waals surface area contributed by atoms with Gasteiger partial charge in [0.1, 0.15) is 5.49 Å². The molecular weight excluding hydrogens is 372 g/mol. The van der Waals surface area contributed by atoms with Gasteiger partial charge in [-0.25, -0.2) is 0 Å². The number of piperazine rings is 1. The SMILES string of the molecule is CCc1cc2ncc(CN3CCN(C4=CN(C5CC5)C(C)C=C4)CC3)cc2[nH]c1=N. The van der Waals surface area contributed by atoms with E-state index in [1.807, 2.05) is 12.3 Å². The van der Waals surface area contributed by atoms with Gasteiger partial charge >= 0.3 is 0 Å². The molecule has 4 heterocycles. The van der Waals surface area contributed by atoms with Gasteiger partial charge in [0, 0.05) is 57.2 Å². The van der Waals surface area contributed by atoms with Crippen LogP contribution < -0.4 is 5.49 Å². The molecule has 6 heteroatoms. The van der Waals surface area contributed by atoms with Crippen LogP contribution in [0.15, 0.2) is 42.4 Å². The Kier molecular flexibility index (Phi) is 5.11. The third kappa shape index (κ3) is 3.88. The summed E-state index contributed by atoms with van der Waals surface area (Å²) in [6.07, 6.45) is 12.6. The summed E-state index contributed by atoms with van der Waals surface area (Å²) in [5.74, 6) is 0. The highest BCUT2D eigenvalue weighted by atomic mass is 15.3. The molecule has 0 amide bonds. The minimum atomic E-state index is 0.501. The Labute approximate surface area is 178 Å². The van der Waals surface area contributed by atoms with E-state index in [1.54, 1.807) is 0 Å². The molecule has 0 bridgehead atoms. The Hall–Kier alpha value is -2.60. The highest BCUT2D eigenvalue weighted by Gasteiger charge is 2.31. The van der Waals surface area contributed by atoms with E-state index in [4.69, 9.17) is 5.41 Å². The second-order valence-electron chi connectivity index (χ2n) is 8.89. The van der Waals surface area contributed by atoms with E-state index in [0.717, 1.165) is 61.8 Å². The molecule has 1 saturated heterocycles. The number of aromatic nitrogens is 2. The van der Waals surface area contributed by atoms with Crippen molar-refractivity contribution in [3.63, 3.8) is 0 Å². The number of allylic oxidation sites excluding steroid dienone is 1. The van der Waals surface area contributed by atoms with Gasteiger partial charge in [0.2, 0.25) is 0 Å². The molecule has 158 valence electrons. The summed E-state index contributed by atoms with van der Waals surface area (Å²) in [7, 11) is 0. The molecule has 1 saturated carbocycles. The van der Waals surface area contributed by atoms with Gasteiger partial charge in [0.05, 0.1) is 16.7 Å². The molecule has 2 fully saturated rings. The first kappa shape index (κ1) is 19.4. The summed E-state index contributed by atoms with van der Waals surface area (Å²) < 4.78 is 0. The molecule has 0 spiro atoms. The van der Waals surface area contributed by atoms with Gasteiger partial charge in [0.15, 0.2) is 0 Å². The van der Waals surface area contributed by atoms with Crippen molar-refractivity contribution in [3.8, 4) is 0 Å². The number of fused-ring (bicyclic) bond motifs is 1. The highest BCUT2D eigenvalue weighted by molar-refractivity contribution is 5.74. The Bertz CT molecular complexity index is 1040. The Morgan fingerprint density at radius 2 is 1.97 bits per heavy atom. The van der Waals surface area contributed by atoms with Crippen molar-refractivity contribution in [2.24, 2.45) is 0 Å². The van der Waals surface area contributed by atoms with Crippen LogP contribution in [-0.4, -0.2) is 62.9 Å². The fourth-order valence-corrected chi connectivity index (χ4v) is 4.62. The van der Waals surface area contributed by atoms with Crippen molar-refractivity contribution in [1.82, 2.24) is 24.7 Å². The first-order chi connectivity index (χ1) is 14.6. The molecule has 1 aliphatic carbocycles. The van der Waals surface area contributed by atoms with Gasteiger partial charge in [0.25, 0.3) is 0 Å². The van der Waals surface area contributed by atoms with E-state index in [0.29, 0.717) is 11.5 Å². The molecular formula is C24H32N6. The van der Waals surface area contributed by atoms with Crippen molar-refractivity contribution in [2.45, 2.75) is 51.7 Å². The van der Waals surface area contributed by atoms with Gasteiger partial charge in [-0.15, -0.1) is 0 Å². The number of hydrogen-bond acceptors (Lipinski definition) is 5. The summed E-state index contributed by atoms with van der Waals surface area (Å²) in [6, 6.07) is 5.48. The molecule has 2 N–H and O–H groups in total. The van der Waals surface area contributed by atoms with Crippen molar-refractivity contribution in [3.05, 3.63) is 59.0 Å². The first-order valence-corrected chi connectivity index (χ1v) is 11.3. The molecule has 5 rings (SSSR count). The quantitative estimate of drug-likeness (QED) is 0.804. The van der Waals surface area contributed by atoms with Crippen LogP contribution in [0.25, 0.3) is 11.0 Å². The van der Waals surface area contributed by atoms with Crippen molar-refractivity contribution < 1.29 is 0 Å². The zero-order valence-corrected chi connectivity index (χ0v) is 18.1. The number of H-pyrrole nitrogens is 1. The molecule has 2 aromatic rings. The zero-order chi connectivity index (χ0) is 20.7. The molecule has 0 radical (unpaired) electrons. The maximum Gasteiger partial charge on any atom is 0.125 e. The predicted molar refractivity (Wildman–Crippen MR) is 120 cm³/mol. The minimum absolute atomic E-state index is 0.501. The van der Waals surface area contributed by atoms with Crippen LogP contribution in [0.1, 0.15) is 37.8 Å². The molecule has 0 aromatic carbocycles. The lowest BCUT2D eigenvalue weighted by Crippen LogP contribution is -2.46. The van der Waals surface area contributed by atoms with Gasteiger partial charge in [-0.05, 0) is 55.5 Å². The van der Waals surface area contributed by atoms with E-state index in [1.165, 1.54) is 24.1 Å². The first-order valence-electron chi connectivity index (χ1n) is 11.3. The number of aryl methyl sites for hydroxylation is 1. The van der Waals surface area contributed by atoms with Gasteiger partial charge < -0.3 is 14.8 Å². The smallest absolute Gasteiger partial charge is 0.125 e. The summed E-state index contributed by atoms with van der Waals surface area (Å²) >= 11 is 0. The van der Waals surface area contributed by atoms with Crippen LogP contribution in [0.2, 0.25) is 0 Å². The van der Waals surface area contributed by atoms with Crippen molar-refractivity contribution in [2.75, 3.05) is 26.2 Å². The maximum absolute atomic E-state index is 8.14. The van der Waals surface area contributed by atoms with E-state index >= 15 is 0 Å². The van der Waals surface area contributed by atoms with E-state index in [-0.39, 0.29) is 0 Å². The molecule has 6 nitrogen and oxygen atoms in total. The molecule has 1 atom stereocenters. The zero-order valence-electron chi connectivity index (χ0n) is 18.1. The van der Waals surface area contributed by atoms with Crippen LogP contribution in [0.5, 0.6) is 0 Å². The third-order valence-electron chi connectivity index (χ3n) is 6.66. The predicted octanol–water partition coefficient (Wildman–Crippen LogP) is 2.99. The standard InChI is InChI=1S/C24H32N6/c1-3-19-13-22-23(27-24(19)25)12-18(14-26-22)15-28-8-10-29(11-9-28)21-5-4-17(2)30(16-21)20-6-7-20/h4-5,12-14,16-17,20H,3,6-11,15H2,1-2H3,(H2,25,27). The van der Waals surface area contributed by atoms with Gasteiger partial charge in [-0.2, -0.15) is 0 Å². The van der Waals surface area contributed by atoms with Gasteiger partial charge in [-0.3, -0.25) is 15.3 Å². The van der Waals surface area contributed by atoms with Crippen LogP contribution in [0, 0.1) is 5.41 Å². The normalized spacial score (nSPS) is 22.6. The number of rotatable bonds is 5. The number of hydrogen-bond donors (Lipinski definition) is 2. The van der Waals surface area contributed by atoms with Crippen molar-refractivity contribution >= 4 is 11.0 Å². The maximum atomic E-state index is 8.14. The summed E-state index contributed by atoms with van der Waals surface area (Å²) in [5, 5.41) is 8.14. The Morgan fingerprint density at radius 3 is 2.70 bits per heavy atom. The number of nitrogens with zero attached hydrogens (tertiary/aromatic N) is 4. The van der Waals surface area contributed by atoms with E-state index in [9.17, 15) is 0 Å². The second-order valence-corrected chi connectivity index (χ2v) is 8.89. The summed E-state index contributed by atoms with van der Waals surface area (Å²) in [4.78, 5) is 15.4. The number of pyridine rings is 2. The topological polar surface area (TPSA) is 62.3 Å². The Balaban J connectivity index is 1.22. The average molecular weight is 405 g/mol. The fourth-order valence-electron chi connectivity index (χ4n) is 4.62.